The van der Waals surface area contributed by atoms with E-state index in [1.165, 1.54) is 24.8 Å². The van der Waals surface area contributed by atoms with Crippen LogP contribution in [0.25, 0.3) is 0 Å². The molecule has 0 amide bonds. The first-order valence-corrected chi connectivity index (χ1v) is 7.52. The van der Waals surface area contributed by atoms with Crippen LogP contribution in [0.3, 0.4) is 0 Å². The second kappa shape index (κ2) is 9.11. The summed E-state index contributed by atoms with van der Waals surface area (Å²) in [5, 5.41) is 3.53. The lowest BCUT2D eigenvalue weighted by Crippen LogP contribution is -2.36. The smallest absolute Gasteiger partial charge is 0.0717 e. The number of benzene rings is 1. The van der Waals surface area contributed by atoms with Gasteiger partial charge in [-0.3, -0.25) is 0 Å². The topological polar surface area (TPSA) is 21.3 Å². The Hall–Kier alpha value is -0.860. The molecule has 1 aromatic rings. The van der Waals surface area contributed by atoms with Crippen molar-refractivity contribution in [1.29, 1.82) is 0 Å². The molecule has 0 aliphatic heterocycles. The molecule has 0 radical (unpaired) electrons. The van der Waals surface area contributed by atoms with E-state index in [-0.39, 0.29) is 5.41 Å². The van der Waals surface area contributed by atoms with Crippen LogP contribution < -0.4 is 5.32 Å². The molecule has 19 heavy (non-hydrogen) atoms. The maximum atomic E-state index is 5.93. The summed E-state index contributed by atoms with van der Waals surface area (Å²) < 4.78 is 5.93. The van der Waals surface area contributed by atoms with Crippen molar-refractivity contribution in [3.8, 4) is 0 Å². The van der Waals surface area contributed by atoms with Crippen LogP contribution in [0.2, 0.25) is 0 Å². The minimum absolute atomic E-state index is 0.249. The van der Waals surface area contributed by atoms with E-state index in [1.54, 1.807) is 0 Å². The first-order chi connectivity index (χ1) is 9.20. The second-order valence-electron chi connectivity index (χ2n) is 5.72. The molecule has 0 aliphatic rings. The third kappa shape index (κ3) is 6.74. The molecule has 0 saturated carbocycles. The monoisotopic (exact) mass is 263 g/mol. The van der Waals surface area contributed by atoms with Gasteiger partial charge >= 0.3 is 0 Å². The fraction of sp³-hybridized carbons (Fsp3) is 0.647. The average Bonchev–Trinajstić information content (AvgIpc) is 2.40. The molecule has 1 unspecified atom stereocenters. The third-order valence-corrected chi connectivity index (χ3v) is 3.39. The zero-order valence-electron chi connectivity index (χ0n) is 12.7. The molecule has 1 atom stereocenters. The van der Waals surface area contributed by atoms with E-state index < -0.39 is 0 Å². The highest BCUT2D eigenvalue weighted by atomic mass is 16.5. The van der Waals surface area contributed by atoms with Crippen molar-refractivity contribution in [2.45, 2.75) is 46.6 Å². The highest BCUT2D eigenvalue weighted by Gasteiger charge is 2.23. The molecule has 2 nitrogen and oxygen atoms in total. The first kappa shape index (κ1) is 16.2. The molecule has 1 N–H and O–H groups in total. The maximum Gasteiger partial charge on any atom is 0.0717 e. The molecule has 1 aromatic carbocycles. The Balaban J connectivity index is 2.35. The van der Waals surface area contributed by atoms with Crippen molar-refractivity contribution >= 4 is 0 Å². The fourth-order valence-corrected chi connectivity index (χ4v) is 2.37. The molecule has 0 heterocycles. The van der Waals surface area contributed by atoms with Gasteiger partial charge in [-0.25, -0.2) is 0 Å². The Morgan fingerprint density at radius 3 is 2.47 bits per heavy atom. The van der Waals surface area contributed by atoms with Gasteiger partial charge in [-0.15, -0.1) is 0 Å². The van der Waals surface area contributed by atoms with Gasteiger partial charge in [-0.2, -0.15) is 0 Å². The lowest BCUT2D eigenvalue weighted by Gasteiger charge is -2.29. The Morgan fingerprint density at radius 1 is 1.11 bits per heavy atom. The summed E-state index contributed by atoms with van der Waals surface area (Å²) in [4.78, 5) is 0. The summed E-state index contributed by atoms with van der Waals surface area (Å²) >= 11 is 0. The van der Waals surface area contributed by atoms with Gasteiger partial charge in [0, 0.05) is 12.0 Å². The number of nitrogens with one attached hydrogen (secondary N) is 1. The van der Waals surface area contributed by atoms with Gasteiger partial charge in [-0.05, 0) is 24.9 Å². The summed E-state index contributed by atoms with van der Waals surface area (Å²) in [6.07, 6.45) is 3.60. The molecule has 1 rings (SSSR count). The molecule has 108 valence electrons. The quantitative estimate of drug-likeness (QED) is 0.644. The van der Waals surface area contributed by atoms with E-state index in [0.717, 1.165) is 19.7 Å². The molecule has 0 bridgehead atoms. The Morgan fingerprint density at radius 2 is 1.84 bits per heavy atom. The Bertz CT molecular complexity index is 325. The number of hydrogen-bond acceptors (Lipinski definition) is 2. The van der Waals surface area contributed by atoms with Crippen LogP contribution in [-0.2, 0) is 11.3 Å². The lowest BCUT2D eigenvalue weighted by molar-refractivity contribution is 0.0373. The van der Waals surface area contributed by atoms with Crippen LogP contribution in [0.1, 0.15) is 45.6 Å². The molecule has 0 aromatic heterocycles. The second-order valence-corrected chi connectivity index (χ2v) is 5.72. The molecular formula is C17H29NO. The zero-order valence-corrected chi connectivity index (χ0v) is 12.7. The van der Waals surface area contributed by atoms with E-state index in [0.29, 0.717) is 6.61 Å². The molecule has 2 heteroatoms. The van der Waals surface area contributed by atoms with Gasteiger partial charge in [-0.1, -0.05) is 57.5 Å². The van der Waals surface area contributed by atoms with Crippen LogP contribution in [-0.4, -0.2) is 19.7 Å². The summed E-state index contributed by atoms with van der Waals surface area (Å²) in [5.74, 6) is 0. The van der Waals surface area contributed by atoms with Crippen molar-refractivity contribution in [3.63, 3.8) is 0 Å². The summed E-state index contributed by atoms with van der Waals surface area (Å²) in [7, 11) is 0. The Labute approximate surface area is 118 Å². The minimum Gasteiger partial charge on any atom is -0.376 e. The number of hydrogen-bond donors (Lipinski definition) is 1. The minimum atomic E-state index is 0.249. The predicted octanol–water partition coefficient (Wildman–Crippen LogP) is 4.01. The van der Waals surface area contributed by atoms with E-state index in [4.69, 9.17) is 4.74 Å². The summed E-state index contributed by atoms with van der Waals surface area (Å²) in [5.41, 5.74) is 1.50. The third-order valence-electron chi connectivity index (χ3n) is 3.39. The number of rotatable bonds is 10. The van der Waals surface area contributed by atoms with Gasteiger partial charge in [0.15, 0.2) is 0 Å². The SMILES string of the molecule is CCCNCC(C)(CCC)COCc1ccccc1. The van der Waals surface area contributed by atoms with Crippen molar-refractivity contribution in [1.82, 2.24) is 5.32 Å². The molecule has 0 spiro atoms. The predicted molar refractivity (Wildman–Crippen MR) is 82.3 cm³/mol. The molecular weight excluding hydrogens is 234 g/mol. The van der Waals surface area contributed by atoms with Gasteiger partial charge in [0.2, 0.25) is 0 Å². The van der Waals surface area contributed by atoms with Gasteiger partial charge < -0.3 is 10.1 Å². The van der Waals surface area contributed by atoms with Crippen LogP contribution in [0, 0.1) is 5.41 Å². The average molecular weight is 263 g/mol. The van der Waals surface area contributed by atoms with Crippen molar-refractivity contribution in [2.75, 3.05) is 19.7 Å². The number of ether oxygens (including phenoxy) is 1. The first-order valence-electron chi connectivity index (χ1n) is 7.52. The van der Waals surface area contributed by atoms with Crippen molar-refractivity contribution < 1.29 is 4.74 Å². The van der Waals surface area contributed by atoms with Gasteiger partial charge in [0.1, 0.15) is 0 Å². The lowest BCUT2D eigenvalue weighted by atomic mass is 9.86. The highest BCUT2D eigenvalue weighted by molar-refractivity contribution is 5.13. The van der Waals surface area contributed by atoms with E-state index in [1.807, 2.05) is 6.07 Å². The van der Waals surface area contributed by atoms with Gasteiger partial charge in [0.25, 0.3) is 0 Å². The van der Waals surface area contributed by atoms with Crippen LogP contribution in [0.5, 0.6) is 0 Å². The van der Waals surface area contributed by atoms with Crippen LogP contribution >= 0.6 is 0 Å². The molecule has 0 fully saturated rings. The standard InChI is InChI=1S/C17H29NO/c1-4-11-17(3,14-18-12-5-2)15-19-13-16-9-7-6-8-10-16/h6-10,18H,4-5,11-15H2,1-3H3. The summed E-state index contributed by atoms with van der Waals surface area (Å²) in [6.45, 7) is 10.5. The molecule has 0 aliphatic carbocycles. The van der Waals surface area contributed by atoms with E-state index in [9.17, 15) is 0 Å². The van der Waals surface area contributed by atoms with Crippen LogP contribution in [0.4, 0.5) is 0 Å². The zero-order chi connectivity index (χ0) is 14.0. The van der Waals surface area contributed by atoms with E-state index >= 15 is 0 Å². The van der Waals surface area contributed by atoms with Gasteiger partial charge in [0.05, 0.1) is 13.2 Å². The summed E-state index contributed by atoms with van der Waals surface area (Å²) in [6, 6.07) is 10.4. The van der Waals surface area contributed by atoms with Crippen molar-refractivity contribution in [3.05, 3.63) is 35.9 Å². The fourth-order valence-electron chi connectivity index (χ4n) is 2.37. The largest absolute Gasteiger partial charge is 0.376 e. The van der Waals surface area contributed by atoms with E-state index in [2.05, 4.69) is 50.4 Å². The maximum absolute atomic E-state index is 5.93. The van der Waals surface area contributed by atoms with Crippen molar-refractivity contribution in [2.24, 2.45) is 5.41 Å². The Kier molecular flexibility index (Phi) is 7.76. The highest BCUT2D eigenvalue weighted by Crippen LogP contribution is 2.23. The van der Waals surface area contributed by atoms with Crippen LogP contribution in [0.15, 0.2) is 30.3 Å². The molecule has 0 saturated heterocycles. The normalized spacial score (nSPS) is 14.3.